The minimum absolute atomic E-state index is 0.151. The maximum atomic E-state index is 12.6. The number of hydrogen-bond acceptors (Lipinski definition) is 2. The van der Waals surface area contributed by atoms with Gasteiger partial charge in [-0.1, -0.05) is 24.3 Å². The van der Waals surface area contributed by atoms with Crippen molar-refractivity contribution in [3.63, 3.8) is 0 Å². The van der Waals surface area contributed by atoms with Crippen molar-refractivity contribution >= 4 is 5.78 Å². The molecule has 2 heteroatoms. The first-order valence-electron chi connectivity index (χ1n) is 6.49. The molecule has 0 amide bonds. The van der Waals surface area contributed by atoms with Crippen molar-refractivity contribution in [2.45, 2.75) is 32.1 Å². The van der Waals surface area contributed by atoms with Crippen molar-refractivity contribution in [1.29, 1.82) is 0 Å². The molecule has 0 saturated heterocycles. The van der Waals surface area contributed by atoms with E-state index >= 15 is 0 Å². The lowest BCUT2D eigenvalue weighted by Crippen LogP contribution is -2.34. The molecule has 2 aliphatic rings. The Bertz CT molecular complexity index is 452. The summed E-state index contributed by atoms with van der Waals surface area (Å²) in [6.45, 7) is 0.233. The first-order valence-corrected chi connectivity index (χ1v) is 6.49. The normalized spacial score (nSPS) is 31.8. The number of rotatable bonds is 1. The van der Waals surface area contributed by atoms with E-state index < -0.39 is 0 Å². The molecular formula is C15H18O2. The number of benzene rings is 1. The highest BCUT2D eigenvalue weighted by molar-refractivity contribution is 6.03. The third-order valence-electron chi connectivity index (χ3n) is 4.59. The van der Waals surface area contributed by atoms with Gasteiger partial charge in [-0.2, -0.15) is 0 Å². The lowest BCUT2D eigenvalue weighted by Gasteiger charge is -2.33. The van der Waals surface area contributed by atoms with Gasteiger partial charge >= 0.3 is 0 Å². The highest BCUT2D eigenvalue weighted by Crippen LogP contribution is 2.49. The summed E-state index contributed by atoms with van der Waals surface area (Å²) in [5, 5.41) is 9.25. The molecule has 1 aromatic rings. The van der Waals surface area contributed by atoms with Crippen molar-refractivity contribution in [1.82, 2.24) is 0 Å². The lowest BCUT2D eigenvalue weighted by molar-refractivity contribution is 0.0750. The van der Waals surface area contributed by atoms with E-state index in [1.807, 2.05) is 18.2 Å². The Kier molecular flexibility index (Phi) is 2.55. The molecule has 0 radical (unpaired) electrons. The molecule has 0 aromatic heterocycles. The molecular weight excluding hydrogens is 212 g/mol. The van der Waals surface area contributed by atoms with Crippen LogP contribution in [-0.2, 0) is 6.42 Å². The Morgan fingerprint density at radius 1 is 1.29 bits per heavy atom. The number of aliphatic hydroxyl groups is 1. The zero-order valence-corrected chi connectivity index (χ0v) is 9.98. The molecule has 0 bridgehead atoms. The zero-order valence-electron chi connectivity index (χ0n) is 9.98. The molecule has 2 nitrogen and oxygen atoms in total. The van der Waals surface area contributed by atoms with Gasteiger partial charge in [0, 0.05) is 17.6 Å². The molecule has 0 heterocycles. The first kappa shape index (κ1) is 11.0. The Balaban J connectivity index is 1.95. The summed E-state index contributed by atoms with van der Waals surface area (Å²) in [4.78, 5) is 12.6. The monoisotopic (exact) mass is 230 g/mol. The highest BCUT2D eigenvalue weighted by atomic mass is 16.3. The van der Waals surface area contributed by atoms with Crippen LogP contribution in [-0.4, -0.2) is 17.5 Å². The molecule has 0 aliphatic heterocycles. The van der Waals surface area contributed by atoms with Crippen LogP contribution < -0.4 is 0 Å². The fraction of sp³-hybridized carbons (Fsp3) is 0.533. The van der Waals surface area contributed by atoms with E-state index in [-0.39, 0.29) is 12.0 Å². The quantitative estimate of drug-likeness (QED) is 0.805. The molecule has 2 aliphatic carbocycles. The van der Waals surface area contributed by atoms with Crippen LogP contribution >= 0.6 is 0 Å². The molecule has 2 unspecified atom stereocenters. The van der Waals surface area contributed by atoms with Crippen LogP contribution in [0.3, 0.4) is 0 Å². The van der Waals surface area contributed by atoms with E-state index in [0.717, 1.165) is 37.7 Å². The third-order valence-corrected chi connectivity index (χ3v) is 4.59. The van der Waals surface area contributed by atoms with Gasteiger partial charge in [-0.15, -0.1) is 0 Å². The minimum Gasteiger partial charge on any atom is -0.396 e. The minimum atomic E-state index is -0.151. The SMILES string of the molecule is O=C1c2ccccc2CCC12CCC(CO)C2. The summed E-state index contributed by atoms with van der Waals surface area (Å²) < 4.78 is 0. The van der Waals surface area contributed by atoms with Gasteiger partial charge in [-0.3, -0.25) is 4.79 Å². The van der Waals surface area contributed by atoms with E-state index in [1.165, 1.54) is 5.56 Å². The fourth-order valence-electron chi connectivity index (χ4n) is 3.56. The molecule has 1 spiro atoms. The number of aliphatic hydroxyl groups excluding tert-OH is 1. The molecule has 3 rings (SSSR count). The van der Waals surface area contributed by atoms with E-state index in [0.29, 0.717) is 11.7 Å². The van der Waals surface area contributed by atoms with Crippen molar-refractivity contribution < 1.29 is 9.90 Å². The molecule has 1 aromatic carbocycles. The number of carbonyl (C=O) groups is 1. The van der Waals surface area contributed by atoms with Crippen molar-refractivity contribution in [3.05, 3.63) is 35.4 Å². The van der Waals surface area contributed by atoms with E-state index in [4.69, 9.17) is 0 Å². The van der Waals surface area contributed by atoms with Gasteiger partial charge < -0.3 is 5.11 Å². The van der Waals surface area contributed by atoms with Crippen LogP contribution in [0.15, 0.2) is 24.3 Å². The molecule has 1 N–H and O–H groups in total. The van der Waals surface area contributed by atoms with Crippen molar-refractivity contribution in [2.24, 2.45) is 11.3 Å². The Morgan fingerprint density at radius 3 is 2.88 bits per heavy atom. The predicted octanol–water partition coefficient (Wildman–Crippen LogP) is 2.59. The summed E-state index contributed by atoms with van der Waals surface area (Å²) in [5.74, 6) is 0.666. The number of fused-ring (bicyclic) bond motifs is 1. The van der Waals surface area contributed by atoms with Gasteiger partial charge in [0.25, 0.3) is 0 Å². The van der Waals surface area contributed by atoms with Gasteiger partial charge in [0.1, 0.15) is 0 Å². The van der Waals surface area contributed by atoms with Crippen LogP contribution in [0, 0.1) is 11.3 Å². The smallest absolute Gasteiger partial charge is 0.169 e. The fourth-order valence-corrected chi connectivity index (χ4v) is 3.56. The van der Waals surface area contributed by atoms with Crippen LogP contribution in [0.1, 0.15) is 41.6 Å². The number of aryl methyl sites for hydroxylation is 1. The lowest BCUT2D eigenvalue weighted by atomic mass is 9.69. The standard InChI is InChI=1S/C15H18O2/c16-10-11-5-7-15(9-11)8-6-12-3-1-2-4-13(12)14(15)17/h1-4,11,16H,5-10H2. The molecule has 1 saturated carbocycles. The Labute approximate surface area is 102 Å². The average Bonchev–Trinajstić information content (AvgIpc) is 2.79. The van der Waals surface area contributed by atoms with Crippen LogP contribution in [0.5, 0.6) is 0 Å². The number of hydrogen-bond donors (Lipinski definition) is 1. The summed E-state index contributed by atoms with van der Waals surface area (Å²) in [7, 11) is 0. The topological polar surface area (TPSA) is 37.3 Å². The second-order valence-corrected chi connectivity index (χ2v) is 5.56. The number of ketones is 1. The number of carbonyl (C=O) groups excluding carboxylic acids is 1. The van der Waals surface area contributed by atoms with E-state index in [2.05, 4.69) is 6.07 Å². The van der Waals surface area contributed by atoms with Gasteiger partial charge in [-0.05, 0) is 43.6 Å². The molecule has 17 heavy (non-hydrogen) atoms. The van der Waals surface area contributed by atoms with Crippen molar-refractivity contribution in [2.75, 3.05) is 6.61 Å². The number of Topliss-reactive ketones (excluding diaryl/α,β-unsaturated/α-hetero) is 1. The molecule has 90 valence electrons. The maximum Gasteiger partial charge on any atom is 0.169 e. The summed E-state index contributed by atoms with van der Waals surface area (Å²) in [5.41, 5.74) is 1.98. The van der Waals surface area contributed by atoms with E-state index in [1.54, 1.807) is 0 Å². The van der Waals surface area contributed by atoms with Crippen molar-refractivity contribution in [3.8, 4) is 0 Å². The molecule has 1 fully saturated rings. The second kappa shape index (κ2) is 3.95. The van der Waals surface area contributed by atoms with Gasteiger partial charge in [-0.25, -0.2) is 0 Å². The summed E-state index contributed by atoms with van der Waals surface area (Å²) >= 11 is 0. The first-order chi connectivity index (χ1) is 8.25. The molecule has 2 atom stereocenters. The summed E-state index contributed by atoms with van der Waals surface area (Å²) in [6.07, 6.45) is 4.84. The predicted molar refractivity (Wildman–Crippen MR) is 66.0 cm³/mol. The zero-order chi connectivity index (χ0) is 11.9. The van der Waals surface area contributed by atoms with Gasteiger partial charge in [0.2, 0.25) is 0 Å². The van der Waals surface area contributed by atoms with Crippen LogP contribution in [0.4, 0.5) is 0 Å². The average molecular weight is 230 g/mol. The third kappa shape index (κ3) is 1.62. The second-order valence-electron chi connectivity index (χ2n) is 5.56. The van der Waals surface area contributed by atoms with Gasteiger partial charge in [0.15, 0.2) is 5.78 Å². The Hall–Kier alpha value is -1.15. The maximum absolute atomic E-state index is 12.6. The van der Waals surface area contributed by atoms with E-state index in [9.17, 15) is 9.90 Å². The Morgan fingerprint density at radius 2 is 2.12 bits per heavy atom. The van der Waals surface area contributed by atoms with Crippen LogP contribution in [0.25, 0.3) is 0 Å². The van der Waals surface area contributed by atoms with Gasteiger partial charge in [0.05, 0.1) is 0 Å². The largest absolute Gasteiger partial charge is 0.396 e. The van der Waals surface area contributed by atoms with Crippen LogP contribution in [0.2, 0.25) is 0 Å². The summed E-state index contributed by atoms with van der Waals surface area (Å²) in [6, 6.07) is 7.99. The highest BCUT2D eigenvalue weighted by Gasteiger charge is 2.47.